The Hall–Kier alpha value is -1.77. The average molecular weight is 259 g/mol. The predicted octanol–water partition coefficient (Wildman–Crippen LogP) is 3.23. The first-order chi connectivity index (χ1) is 9.22. The molecule has 102 valence electrons. The number of benzene rings is 1. The number of para-hydroxylation sites is 1. The highest BCUT2D eigenvalue weighted by molar-refractivity contribution is 5.79. The summed E-state index contributed by atoms with van der Waals surface area (Å²) in [6.07, 6.45) is 7.04. The van der Waals surface area contributed by atoms with Crippen LogP contribution in [0.25, 0.3) is 0 Å². The zero-order valence-electron chi connectivity index (χ0n) is 11.6. The molecule has 19 heavy (non-hydrogen) atoms. The van der Waals surface area contributed by atoms with Crippen molar-refractivity contribution in [3.63, 3.8) is 0 Å². The summed E-state index contributed by atoms with van der Waals surface area (Å²) in [7, 11) is 1.65. The van der Waals surface area contributed by atoms with Crippen molar-refractivity contribution in [2.24, 2.45) is 5.92 Å². The summed E-state index contributed by atoms with van der Waals surface area (Å²) in [6, 6.07) is 7.77. The Kier molecular flexibility index (Phi) is 4.61. The maximum absolute atomic E-state index is 12.2. The quantitative estimate of drug-likeness (QED) is 0.843. The highest BCUT2D eigenvalue weighted by Gasteiger charge is 2.21. The lowest BCUT2D eigenvalue weighted by Crippen LogP contribution is -2.33. The number of rotatable bonds is 4. The number of nitrogens with one attached hydrogen (secondary N) is 1. The summed E-state index contributed by atoms with van der Waals surface area (Å²) in [6.45, 7) is 1.99. The third kappa shape index (κ3) is 3.37. The van der Waals surface area contributed by atoms with Crippen LogP contribution in [0.4, 0.5) is 0 Å². The molecule has 3 heteroatoms. The van der Waals surface area contributed by atoms with Crippen molar-refractivity contribution in [2.75, 3.05) is 7.11 Å². The molecule has 0 fully saturated rings. The van der Waals surface area contributed by atoms with E-state index in [0.29, 0.717) is 0 Å². The zero-order chi connectivity index (χ0) is 13.7. The van der Waals surface area contributed by atoms with E-state index in [4.69, 9.17) is 4.74 Å². The number of hydrogen-bond donors (Lipinski definition) is 1. The van der Waals surface area contributed by atoms with Crippen LogP contribution < -0.4 is 10.1 Å². The van der Waals surface area contributed by atoms with Crippen LogP contribution >= 0.6 is 0 Å². The molecule has 0 saturated carbocycles. The molecule has 1 amide bonds. The fraction of sp³-hybridized carbons (Fsp3) is 0.438. The number of carbonyl (C=O) groups excluding carboxylic acids is 1. The second-order valence-electron chi connectivity index (χ2n) is 4.95. The summed E-state index contributed by atoms with van der Waals surface area (Å²) in [5.74, 6) is 1.07. The summed E-state index contributed by atoms with van der Waals surface area (Å²) in [5.41, 5.74) is 1.02. The minimum absolute atomic E-state index is 0.0328. The van der Waals surface area contributed by atoms with E-state index in [1.165, 1.54) is 0 Å². The largest absolute Gasteiger partial charge is 0.496 e. The van der Waals surface area contributed by atoms with Gasteiger partial charge >= 0.3 is 0 Å². The summed E-state index contributed by atoms with van der Waals surface area (Å²) < 4.78 is 5.33. The van der Waals surface area contributed by atoms with Crippen LogP contribution in [0.1, 0.15) is 37.8 Å². The second kappa shape index (κ2) is 6.41. The van der Waals surface area contributed by atoms with E-state index in [9.17, 15) is 4.79 Å². The van der Waals surface area contributed by atoms with E-state index in [1.54, 1.807) is 7.11 Å². The maximum Gasteiger partial charge on any atom is 0.223 e. The van der Waals surface area contributed by atoms with Gasteiger partial charge in [0.1, 0.15) is 5.75 Å². The van der Waals surface area contributed by atoms with Gasteiger partial charge in [-0.2, -0.15) is 0 Å². The molecule has 0 heterocycles. The van der Waals surface area contributed by atoms with Gasteiger partial charge in [0.15, 0.2) is 0 Å². The highest BCUT2D eigenvalue weighted by Crippen LogP contribution is 2.25. The molecule has 1 aliphatic rings. The summed E-state index contributed by atoms with van der Waals surface area (Å²) in [4.78, 5) is 12.2. The van der Waals surface area contributed by atoms with Crippen LogP contribution in [-0.4, -0.2) is 13.0 Å². The van der Waals surface area contributed by atoms with Crippen molar-refractivity contribution in [1.82, 2.24) is 5.32 Å². The van der Waals surface area contributed by atoms with Crippen LogP contribution in [0.15, 0.2) is 36.4 Å². The predicted molar refractivity (Wildman–Crippen MR) is 76.0 cm³/mol. The lowest BCUT2D eigenvalue weighted by atomic mass is 9.93. The fourth-order valence-electron chi connectivity index (χ4n) is 2.46. The van der Waals surface area contributed by atoms with E-state index in [2.05, 4.69) is 17.5 Å². The molecule has 1 N–H and O–H groups in total. The molecule has 1 aromatic rings. The van der Waals surface area contributed by atoms with Gasteiger partial charge < -0.3 is 10.1 Å². The first-order valence-electron chi connectivity index (χ1n) is 6.80. The zero-order valence-corrected chi connectivity index (χ0v) is 11.6. The summed E-state index contributed by atoms with van der Waals surface area (Å²) >= 11 is 0. The maximum atomic E-state index is 12.2. The minimum Gasteiger partial charge on any atom is -0.496 e. The van der Waals surface area contributed by atoms with Gasteiger partial charge in [-0.05, 0) is 32.3 Å². The van der Waals surface area contributed by atoms with Gasteiger partial charge in [0.05, 0.1) is 13.2 Å². The first-order valence-corrected chi connectivity index (χ1v) is 6.80. The Morgan fingerprint density at radius 2 is 2.16 bits per heavy atom. The van der Waals surface area contributed by atoms with Gasteiger partial charge in [-0.1, -0.05) is 30.4 Å². The number of amides is 1. The van der Waals surface area contributed by atoms with Gasteiger partial charge in [-0.3, -0.25) is 4.79 Å². The average Bonchev–Trinajstić information content (AvgIpc) is 2.48. The fourth-order valence-corrected chi connectivity index (χ4v) is 2.46. The van der Waals surface area contributed by atoms with Crippen molar-refractivity contribution in [2.45, 2.75) is 32.2 Å². The normalized spacial score (nSPS) is 19.8. The number of hydrogen-bond acceptors (Lipinski definition) is 2. The van der Waals surface area contributed by atoms with Gasteiger partial charge in [0.2, 0.25) is 5.91 Å². The van der Waals surface area contributed by atoms with Gasteiger partial charge in [-0.15, -0.1) is 0 Å². The molecule has 0 saturated heterocycles. The number of carbonyl (C=O) groups is 1. The van der Waals surface area contributed by atoms with Crippen molar-refractivity contribution in [3.8, 4) is 5.75 Å². The third-order valence-electron chi connectivity index (χ3n) is 3.60. The molecule has 0 aliphatic heterocycles. The van der Waals surface area contributed by atoms with Crippen LogP contribution in [0, 0.1) is 5.92 Å². The lowest BCUT2D eigenvalue weighted by molar-refractivity contribution is -0.125. The van der Waals surface area contributed by atoms with Crippen molar-refractivity contribution >= 4 is 5.91 Å². The van der Waals surface area contributed by atoms with Crippen LogP contribution in [-0.2, 0) is 4.79 Å². The number of ether oxygens (including phenoxy) is 1. The van der Waals surface area contributed by atoms with Crippen molar-refractivity contribution in [3.05, 3.63) is 42.0 Å². The Morgan fingerprint density at radius 3 is 2.84 bits per heavy atom. The molecule has 0 bridgehead atoms. The van der Waals surface area contributed by atoms with Gasteiger partial charge in [0.25, 0.3) is 0 Å². The smallest absolute Gasteiger partial charge is 0.223 e. The molecule has 0 aromatic heterocycles. The Bertz CT molecular complexity index is 468. The van der Waals surface area contributed by atoms with E-state index in [0.717, 1.165) is 30.6 Å². The SMILES string of the molecule is COc1ccccc1[C@@H](C)NC(=O)[C@H]1CC=CCC1. The standard InChI is InChI=1S/C16H21NO2/c1-12(14-10-6-7-11-15(14)19-2)17-16(18)13-8-4-3-5-9-13/h3-4,6-7,10-13H,5,8-9H2,1-2H3,(H,17,18)/t12-,13+/m1/s1. The Balaban J connectivity index is 2.02. The summed E-state index contributed by atoms with van der Waals surface area (Å²) in [5, 5.41) is 3.09. The molecule has 3 nitrogen and oxygen atoms in total. The Labute approximate surface area is 114 Å². The molecule has 2 atom stereocenters. The van der Waals surface area contributed by atoms with Crippen LogP contribution in [0.3, 0.4) is 0 Å². The number of methoxy groups -OCH3 is 1. The molecule has 1 aliphatic carbocycles. The minimum atomic E-state index is -0.0328. The number of allylic oxidation sites excluding steroid dienone is 2. The van der Waals surface area contributed by atoms with E-state index in [1.807, 2.05) is 31.2 Å². The third-order valence-corrected chi connectivity index (χ3v) is 3.60. The van der Waals surface area contributed by atoms with Crippen LogP contribution in [0.5, 0.6) is 5.75 Å². The topological polar surface area (TPSA) is 38.3 Å². The molecular formula is C16H21NO2. The van der Waals surface area contributed by atoms with E-state index in [-0.39, 0.29) is 17.9 Å². The molecular weight excluding hydrogens is 238 g/mol. The molecule has 0 spiro atoms. The highest BCUT2D eigenvalue weighted by atomic mass is 16.5. The monoisotopic (exact) mass is 259 g/mol. The molecule has 0 unspecified atom stereocenters. The molecule has 2 rings (SSSR count). The Morgan fingerprint density at radius 1 is 1.37 bits per heavy atom. The van der Waals surface area contributed by atoms with Crippen LogP contribution in [0.2, 0.25) is 0 Å². The van der Waals surface area contributed by atoms with E-state index < -0.39 is 0 Å². The van der Waals surface area contributed by atoms with E-state index >= 15 is 0 Å². The molecule has 1 aromatic carbocycles. The first kappa shape index (κ1) is 13.7. The van der Waals surface area contributed by atoms with Crippen molar-refractivity contribution in [1.29, 1.82) is 0 Å². The van der Waals surface area contributed by atoms with Gasteiger partial charge in [-0.25, -0.2) is 0 Å². The second-order valence-corrected chi connectivity index (χ2v) is 4.95. The van der Waals surface area contributed by atoms with Gasteiger partial charge in [0, 0.05) is 11.5 Å². The molecule has 0 radical (unpaired) electrons. The lowest BCUT2D eigenvalue weighted by Gasteiger charge is -2.22. The van der Waals surface area contributed by atoms with Crippen molar-refractivity contribution < 1.29 is 9.53 Å².